The molecule has 0 radical (unpaired) electrons. The van der Waals surface area contributed by atoms with Crippen LogP contribution in [0, 0.1) is 6.57 Å². The van der Waals surface area contributed by atoms with Gasteiger partial charge in [0.05, 0.1) is 40.5 Å². The largest absolute Gasteiger partial charge is 0.390 e. The molecule has 1 aliphatic carbocycles. The number of sulfonamides is 1. The van der Waals surface area contributed by atoms with E-state index in [-0.39, 0.29) is 11.8 Å². The van der Waals surface area contributed by atoms with Gasteiger partial charge in [0.2, 0.25) is 21.7 Å². The molecule has 1 aromatic carbocycles. The number of anilines is 1. The maximum Gasteiger partial charge on any atom is 0.231 e. The van der Waals surface area contributed by atoms with Gasteiger partial charge in [-0.25, -0.2) is 32.2 Å². The van der Waals surface area contributed by atoms with Gasteiger partial charge in [-0.15, -0.1) is 0 Å². The lowest BCUT2D eigenvalue weighted by Crippen LogP contribution is -2.43. The van der Waals surface area contributed by atoms with Gasteiger partial charge in [-0.3, -0.25) is 0 Å². The monoisotopic (exact) mass is 612 g/mol. The highest BCUT2D eigenvalue weighted by Crippen LogP contribution is 2.31. The Bertz CT molecular complexity index is 1550. The van der Waals surface area contributed by atoms with Gasteiger partial charge in [0.25, 0.3) is 0 Å². The van der Waals surface area contributed by atoms with Gasteiger partial charge < -0.3 is 15.7 Å². The second kappa shape index (κ2) is 12.7. The van der Waals surface area contributed by atoms with Crippen molar-refractivity contribution in [3.05, 3.63) is 58.8 Å². The number of aromatic nitrogens is 4. The average Bonchev–Trinajstić information content (AvgIpc) is 3.47. The summed E-state index contributed by atoms with van der Waals surface area (Å²) in [6.07, 6.45) is 9.73. The standard InChI is InChI=1S/C29H37ClN8O3S/c1-4-42(40,41)37-13-9-23(10-14-37)35-28-33-18-25(31-3)27(36-28)21-17-34-38(19-21)26-6-5-20(15-24(26)30)16-32-22-7-11-29(2,39)12-8-22/h5-6,15,17-19,22-23,32,39H,4,7-14,16H2,1-2H3,(H,33,35,36). The molecular weight excluding hydrogens is 576 g/mol. The van der Waals surface area contributed by atoms with Gasteiger partial charge >= 0.3 is 0 Å². The number of nitrogens with one attached hydrogen (secondary N) is 2. The fourth-order valence-electron chi connectivity index (χ4n) is 5.51. The van der Waals surface area contributed by atoms with Crippen molar-refractivity contribution < 1.29 is 13.5 Å². The van der Waals surface area contributed by atoms with Crippen LogP contribution in [-0.4, -0.2) is 74.1 Å². The Morgan fingerprint density at radius 3 is 2.57 bits per heavy atom. The lowest BCUT2D eigenvalue weighted by Gasteiger charge is -2.33. The van der Waals surface area contributed by atoms with E-state index in [1.165, 1.54) is 10.5 Å². The van der Waals surface area contributed by atoms with E-state index < -0.39 is 15.6 Å². The Hall–Kier alpha value is -3.08. The third-order valence-corrected chi connectivity index (χ3v) is 10.4. The zero-order valence-electron chi connectivity index (χ0n) is 23.9. The van der Waals surface area contributed by atoms with Crippen LogP contribution in [0.25, 0.3) is 21.8 Å². The van der Waals surface area contributed by atoms with E-state index in [2.05, 4.69) is 30.5 Å². The smallest absolute Gasteiger partial charge is 0.231 e. The molecule has 0 spiro atoms. The molecule has 3 aromatic rings. The van der Waals surface area contributed by atoms with Crippen LogP contribution in [0.5, 0.6) is 0 Å². The van der Waals surface area contributed by atoms with Crippen LogP contribution >= 0.6 is 11.6 Å². The van der Waals surface area contributed by atoms with E-state index in [0.29, 0.717) is 72.1 Å². The Kier molecular flexibility index (Phi) is 9.15. The second-order valence-corrected chi connectivity index (χ2v) is 14.0. The summed E-state index contributed by atoms with van der Waals surface area (Å²) in [5.74, 6) is 0.487. The minimum Gasteiger partial charge on any atom is -0.390 e. The summed E-state index contributed by atoms with van der Waals surface area (Å²) < 4.78 is 27.5. The van der Waals surface area contributed by atoms with Crippen LogP contribution in [0.2, 0.25) is 5.02 Å². The Labute approximate surface area is 252 Å². The molecule has 3 heterocycles. The summed E-state index contributed by atoms with van der Waals surface area (Å²) >= 11 is 6.67. The number of hydrogen-bond acceptors (Lipinski definition) is 8. The maximum atomic E-state index is 12.2. The van der Waals surface area contributed by atoms with Crippen molar-refractivity contribution in [1.29, 1.82) is 0 Å². The highest BCUT2D eigenvalue weighted by molar-refractivity contribution is 7.89. The van der Waals surface area contributed by atoms with E-state index in [1.54, 1.807) is 24.0 Å². The molecule has 13 heteroatoms. The maximum absolute atomic E-state index is 12.2. The van der Waals surface area contributed by atoms with Crippen LogP contribution in [0.3, 0.4) is 0 Å². The van der Waals surface area contributed by atoms with Gasteiger partial charge in [-0.1, -0.05) is 17.7 Å². The average molecular weight is 613 g/mol. The van der Waals surface area contributed by atoms with Crippen LogP contribution < -0.4 is 10.6 Å². The summed E-state index contributed by atoms with van der Waals surface area (Å²) in [5.41, 5.74) is 2.65. The zero-order chi connectivity index (χ0) is 29.9. The third kappa shape index (κ3) is 7.10. The normalized spacial score (nSPS) is 22.1. The molecule has 1 saturated heterocycles. The first-order valence-electron chi connectivity index (χ1n) is 14.4. The molecule has 2 aliphatic rings. The molecule has 5 rings (SSSR count). The summed E-state index contributed by atoms with van der Waals surface area (Å²) in [5, 5.41) is 22.1. The van der Waals surface area contributed by atoms with Crippen LogP contribution in [0.15, 0.2) is 36.8 Å². The molecular formula is C29H37ClN8O3S. The molecule has 11 nitrogen and oxygen atoms in total. The van der Waals surface area contributed by atoms with Gasteiger partial charge in [0.15, 0.2) is 0 Å². The molecule has 42 heavy (non-hydrogen) atoms. The lowest BCUT2D eigenvalue weighted by molar-refractivity contribution is 0.0140. The third-order valence-electron chi connectivity index (χ3n) is 8.21. The zero-order valence-corrected chi connectivity index (χ0v) is 25.5. The van der Waals surface area contributed by atoms with E-state index >= 15 is 0 Å². The molecule has 1 aliphatic heterocycles. The number of nitrogens with zero attached hydrogens (tertiary/aromatic N) is 6. The van der Waals surface area contributed by atoms with Crippen LogP contribution in [-0.2, 0) is 16.6 Å². The summed E-state index contributed by atoms with van der Waals surface area (Å²) in [6.45, 7) is 12.8. The van der Waals surface area contributed by atoms with Gasteiger partial charge in [0, 0.05) is 49.7 Å². The minimum absolute atomic E-state index is 0.0301. The molecule has 1 saturated carbocycles. The first kappa shape index (κ1) is 30.4. The molecule has 0 amide bonds. The minimum atomic E-state index is -3.20. The van der Waals surface area contributed by atoms with Crippen molar-refractivity contribution in [1.82, 2.24) is 29.4 Å². The molecule has 0 atom stereocenters. The first-order chi connectivity index (χ1) is 20.1. The number of aliphatic hydroxyl groups is 1. The number of halogens is 1. The summed E-state index contributed by atoms with van der Waals surface area (Å²) in [4.78, 5) is 12.6. The second-order valence-electron chi connectivity index (χ2n) is 11.4. The van der Waals surface area contributed by atoms with Crippen molar-refractivity contribution in [2.75, 3.05) is 24.2 Å². The topological polar surface area (TPSA) is 130 Å². The first-order valence-corrected chi connectivity index (χ1v) is 16.3. The van der Waals surface area contributed by atoms with Gasteiger partial charge in [-0.05, 0) is 70.1 Å². The molecule has 0 unspecified atom stereocenters. The molecule has 2 aromatic heterocycles. The predicted octanol–water partition coefficient (Wildman–Crippen LogP) is 4.54. The van der Waals surface area contributed by atoms with Gasteiger partial charge in [0.1, 0.15) is 0 Å². The van der Waals surface area contributed by atoms with Crippen molar-refractivity contribution in [3.8, 4) is 16.9 Å². The van der Waals surface area contributed by atoms with Crippen molar-refractivity contribution in [2.45, 2.75) is 76.6 Å². The SMILES string of the molecule is [C-]#[N+]c1cnc(NC2CCN(S(=O)(=O)CC)CC2)nc1-c1cnn(-c2ccc(CNC3CCC(C)(O)CC3)cc2Cl)c1. The van der Waals surface area contributed by atoms with E-state index in [0.717, 1.165) is 31.2 Å². The van der Waals surface area contributed by atoms with Gasteiger partial charge in [-0.2, -0.15) is 5.10 Å². The Balaban J connectivity index is 1.25. The van der Waals surface area contributed by atoms with Crippen molar-refractivity contribution in [2.24, 2.45) is 0 Å². The Morgan fingerprint density at radius 1 is 1.17 bits per heavy atom. The summed E-state index contributed by atoms with van der Waals surface area (Å²) in [7, 11) is -3.20. The number of hydrogen-bond donors (Lipinski definition) is 3. The van der Waals surface area contributed by atoms with Crippen LogP contribution in [0.1, 0.15) is 57.9 Å². The van der Waals surface area contributed by atoms with E-state index in [1.807, 2.05) is 25.1 Å². The fraction of sp³-hybridized carbons (Fsp3) is 0.517. The number of piperidine rings is 1. The van der Waals surface area contributed by atoms with Crippen LogP contribution in [0.4, 0.5) is 11.6 Å². The summed E-state index contributed by atoms with van der Waals surface area (Å²) in [6, 6.07) is 6.28. The Morgan fingerprint density at radius 2 is 1.90 bits per heavy atom. The number of benzene rings is 1. The lowest BCUT2D eigenvalue weighted by atomic mass is 9.83. The number of rotatable bonds is 9. The predicted molar refractivity (Wildman–Crippen MR) is 163 cm³/mol. The fourth-order valence-corrected chi connectivity index (χ4v) is 6.93. The van der Waals surface area contributed by atoms with Crippen molar-refractivity contribution >= 4 is 33.3 Å². The molecule has 224 valence electrons. The van der Waals surface area contributed by atoms with Crippen molar-refractivity contribution in [3.63, 3.8) is 0 Å². The quantitative estimate of drug-likeness (QED) is 0.300. The highest BCUT2D eigenvalue weighted by Gasteiger charge is 2.29. The molecule has 0 bridgehead atoms. The molecule has 2 fully saturated rings. The van der Waals surface area contributed by atoms with E-state index in [9.17, 15) is 13.5 Å². The molecule has 3 N–H and O–H groups in total. The highest BCUT2D eigenvalue weighted by atomic mass is 35.5. The van der Waals surface area contributed by atoms with E-state index in [4.69, 9.17) is 18.2 Å².